The molecule has 1 saturated heterocycles. The summed E-state index contributed by atoms with van der Waals surface area (Å²) in [5, 5.41) is 32.3. The molecule has 27 heavy (non-hydrogen) atoms. The molecule has 5 N–H and O–H groups in total. The highest BCUT2D eigenvalue weighted by Crippen LogP contribution is 2.40. The van der Waals surface area contributed by atoms with Crippen molar-refractivity contribution >= 4 is 41.4 Å². The Morgan fingerprint density at radius 3 is 2.89 bits per heavy atom. The van der Waals surface area contributed by atoms with Gasteiger partial charge in [-0.3, -0.25) is 14.5 Å². The van der Waals surface area contributed by atoms with Crippen LogP contribution in [0.1, 0.15) is 0 Å². The predicted octanol–water partition coefficient (Wildman–Crippen LogP) is -1.98. The first-order valence-electron chi connectivity index (χ1n) is 7.87. The fraction of sp³-hybridized carbons (Fsp3) is 0.538. The average molecular weight is 415 g/mol. The molecule has 1 unspecified atom stereocenters. The van der Waals surface area contributed by atoms with Crippen LogP contribution >= 0.6 is 23.5 Å². The second-order valence-electron chi connectivity index (χ2n) is 5.74. The summed E-state index contributed by atoms with van der Waals surface area (Å²) >= 11 is 2.69. The Bertz CT molecular complexity index is 798. The van der Waals surface area contributed by atoms with Crippen molar-refractivity contribution in [2.24, 2.45) is 5.73 Å². The minimum Gasteiger partial charge on any atom is -0.480 e. The van der Waals surface area contributed by atoms with Gasteiger partial charge in [-0.15, -0.1) is 16.9 Å². The number of amides is 1. The quantitative estimate of drug-likeness (QED) is 0.199. The van der Waals surface area contributed by atoms with E-state index in [-0.39, 0.29) is 23.5 Å². The van der Waals surface area contributed by atoms with E-state index in [0.29, 0.717) is 35.3 Å². The molecule has 14 heteroatoms. The first kappa shape index (κ1) is 19.6. The highest BCUT2D eigenvalue weighted by molar-refractivity contribution is 8.01. The molecule has 146 valence electrons. The van der Waals surface area contributed by atoms with E-state index in [9.17, 15) is 19.5 Å². The minimum absolute atomic E-state index is 0.0138. The molecule has 0 spiro atoms. The Kier molecular flexibility index (Phi) is 5.98. The Labute approximate surface area is 161 Å². The Morgan fingerprint density at radius 2 is 2.19 bits per heavy atom. The van der Waals surface area contributed by atoms with Gasteiger partial charge in [-0.1, -0.05) is 11.8 Å². The molecule has 2 aliphatic heterocycles. The third-order valence-corrected chi connectivity index (χ3v) is 6.35. The largest absolute Gasteiger partial charge is 0.480 e. The van der Waals surface area contributed by atoms with Crippen molar-refractivity contribution in [1.29, 1.82) is 0 Å². The number of carbonyl (C=O) groups excluding carboxylic acids is 1. The topological polar surface area (TPSA) is 177 Å². The number of fused-ring (bicyclic) bond motifs is 1. The van der Waals surface area contributed by atoms with Gasteiger partial charge in [0.05, 0.1) is 13.1 Å². The van der Waals surface area contributed by atoms with Gasteiger partial charge in [-0.25, -0.2) is 9.48 Å². The SMILES string of the molecule is NC1C(=O)N2C(C(=O)O)=C(CSc3nnnn3CCNCC(=O)O)CS[C@H]12. The minimum atomic E-state index is -1.16. The molecule has 1 aromatic heterocycles. The summed E-state index contributed by atoms with van der Waals surface area (Å²) in [6.07, 6.45) is 0. The van der Waals surface area contributed by atoms with Crippen LogP contribution in [0.25, 0.3) is 0 Å². The molecule has 1 amide bonds. The van der Waals surface area contributed by atoms with Gasteiger partial charge in [-0.2, -0.15) is 0 Å². The van der Waals surface area contributed by atoms with E-state index >= 15 is 0 Å². The molecular formula is C13H17N7O5S2. The lowest BCUT2D eigenvalue weighted by atomic mass is 10.0. The van der Waals surface area contributed by atoms with Crippen LogP contribution in [-0.4, -0.2) is 89.2 Å². The van der Waals surface area contributed by atoms with Crippen LogP contribution in [0, 0.1) is 0 Å². The molecule has 0 aliphatic carbocycles. The third kappa shape index (κ3) is 4.07. The Hall–Kier alpha value is -2.16. The van der Waals surface area contributed by atoms with Crippen LogP contribution in [0.3, 0.4) is 0 Å². The molecule has 2 atom stereocenters. The lowest BCUT2D eigenvalue weighted by Crippen LogP contribution is -2.68. The molecule has 0 bridgehead atoms. The predicted molar refractivity (Wildman–Crippen MR) is 94.8 cm³/mol. The Morgan fingerprint density at radius 1 is 1.41 bits per heavy atom. The van der Waals surface area contributed by atoms with Crippen molar-refractivity contribution in [1.82, 2.24) is 30.4 Å². The van der Waals surface area contributed by atoms with Crippen LogP contribution in [0.15, 0.2) is 16.4 Å². The van der Waals surface area contributed by atoms with Crippen LogP contribution in [0.4, 0.5) is 0 Å². The number of nitrogens with two attached hydrogens (primary N) is 1. The number of hydrogen-bond acceptors (Lipinski definition) is 10. The summed E-state index contributed by atoms with van der Waals surface area (Å²) in [6, 6.07) is -0.663. The smallest absolute Gasteiger partial charge is 0.352 e. The standard InChI is InChI=1S/C13H17N7O5S2/c14-8-10(23)20-9(12(24)25)6(4-26-11(8)20)5-27-13-16-17-18-19(13)2-1-15-3-7(21)22/h8,11,15H,1-5,14H2,(H,21,22)(H,24,25)/t8?,11-/m1/s1. The number of nitrogens with zero attached hydrogens (tertiary/aromatic N) is 5. The van der Waals surface area contributed by atoms with Crippen molar-refractivity contribution in [3.8, 4) is 0 Å². The number of thioether (sulfide) groups is 2. The van der Waals surface area contributed by atoms with E-state index in [4.69, 9.17) is 10.8 Å². The molecule has 0 radical (unpaired) electrons. The Balaban J connectivity index is 1.64. The molecule has 3 rings (SSSR count). The van der Waals surface area contributed by atoms with Gasteiger partial charge >= 0.3 is 11.9 Å². The number of carboxylic acid groups (broad SMARTS) is 2. The molecule has 0 aromatic carbocycles. The number of aliphatic carboxylic acids is 2. The number of carboxylic acids is 2. The van der Waals surface area contributed by atoms with Crippen LogP contribution in [0.2, 0.25) is 0 Å². The molecule has 12 nitrogen and oxygen atoms in total. The molecule has 3 heterocycles. The second kappa shape index (κ2) is 8.24. The summed E-state index contributed by atoms with van der Waals surface area (Å²) in [6.45, 7) is 0.569. The summed E-state index contributed by atoms with van der Waals surface area (Å²) in [7, 11) is 0. The molecule has 2 aliphatic rings. The summed E-state index contributed by atoms with van der Waals surface area (Å²) in [5.41, 5.74) is 6.32. The monoisotopic (exact) mass is 415 g/mol. The zero-order valence-electron chi connectivity index (χ0n) is 13.9. The average Bonchev–Trinajstić information content (AvgIpc) is 3.09. The number of carbonyl (C=O) groups is 3. The van der Waals surface area contributed by atoms with Crippen molar-refractivity contribution in [2.45, 2.75) is 23.1 Å². The third-order valence-electron chi connectivity index (χ3n) is 3.94. The highest BCUT2D eigenvalue weighted by atomic mass is 32.2. The van der Waals surface area contributed by atoms with Gasteiger partial charge < -0.3 is 21.3 Å². The van der Waals surface area contributed by atoms with Crippen molar-refractivity contribution in [2.75, 3.05) is 24.6 Å². The number of rotatable bonds is 9. The van der Waals surface area contributed by atoms with Crippen LogP contribution < -0.4 is 11.1 Å². The number of β-lactam (4-membered cyclic amide) rings is 1. The second-order valence-corrected chi connectivity index (χ2v) is 7.78. The molecule has 1 aromatic rings. The maximum absolute atomic E-state index is 11.9. The first-order valence-corrected chi connectivity index (χ1v) is 9.90. The lowest BCUT2D eigenvalue weighted by molar-refractivity contribution is -0.147. The molecule has 1 fully saturated rings. The van der Waals surface area contributed by atoms with Gasteiger partial charge in [-0.05, 0) is 16.0 Å². The maximum atomic E-state index is 11.9. The summed E-state index contributed by atoms with van der Waals surface area (Å²) in [4.78, 5) is 35.3. The fourth-order valence-corrected chi connectivity index (χ4v) is 5.00. The van der Waals surface area contributed by atoms with Crippen molar-refractivity contribution in [3.05, 3.63) is 11.3 Å². The number of aromatic nitrogens is 4. The van der Waals surface area contributed by atoms with Crippen molar-refractivity contribution in [3.63, 3.8) is 0 Å². The van der Waals surface area contributed by atoms with Gasteiger partial charge in [0.15, 0.2) is 0 Å². The zero-order valence-corrected chi connectivity index (χ0v) is 15.6. The molecule has 0 saturated carbocycles. The molecular weight excluding hydrogens is 398 g/mol. The van der Waals surface area contributed by atoms with E-state index in [0.717, 1.165) is 0 Å². The van der Waals surface area contributed by atoms with E-state index < -0.39 is 18.0 Å². The first-order chi connectivity index (χ1) is 12.9. The normalized spacial score (nSPS) is 21.8. The van der Waals surface area contributed by atoms with Crippen LogP contribution in [-0.2, 0) is 20.9 Å². The van der Waals surface area contributed by atoms with E-state index in [1.54, 1.807) is 0 Å². The lowest BCUT2D eigenvalue weighted by Gasteiger charge is -2.48. The number of tetrazole rings is 1. The number of nitrogens with one attached hydrogen (secondary N) is 1. The van der Waals surface area contributed by atoms with Crippen LogP contribution in [0.5, 0.6) is 0 Å². The fourth-order valence-electron chi connectivity index (χ4n) is 2.66. The van der Waals surface area contributed by atoms with E-state index in [1.165, 1.54) is 33.1 Å². The zero-order chi connectivity index (χ0) is 19.6. The van der Waals surface area contributed by atoms with Gasteiger partial charge in [0, 0.05) is 18.1 Å². The summed E-state index contributed by atoms with van der Waals surface area (Å²) in [5.74, 6) is -1.74. The summed E-state index contributed by atoms with van der Waals surface area (Å²) < 4.78 is 1.50. The number of hydrogen-bond donors (Lipinski definition) is 4. The van der Waals surface area contributed by atoms with E-state index in [1.807, 2.05) is 0 Å². The van der Waals surface area contributed by atoms with Gasteiger partial charge in [0.1, 0.15) is 17.1 Å². The van der Waals surface area contributed by atoms with Crippen molar-refractivity contribution < 1.29 is 24.6 Å². The highest BCUT2D eigenvalue weighted by Gasteiger charge is 2.51. The maximum Gasteiger partial charge on any atom is 0.352 e. The van der Waals surface area contributed by atoms with E-state index in [2.05, 4.69) is 20.8 Å². The van der Waals surface area contributed by atoms with Gasteiger partial charge in [0.25, 0.3) is 0 Å². The van der Waals surface area contributed by atoms with Gasteiger partial charge in [0.2, 0.25) is 11.1 Å².